The number of nitrogens with zero attached hydrogens (tertiary/aromatic N) is 3. The highest BCUT2D eigenvalue weighted by Crippen LogP contribution is 2.33. The third-order valence-electron chi connectivity index (χ3n) is 3.13. The van der Waals surface area contributed by atoms with Crippen molar-refractivity contribution in [3.8, 4) is 10.7 Å². The number of nitrogens with two attached hydrogens (primary N) is 1. The Bertz CT molecular complexity index is 941. The lowest BCUT2D eigenvalue weighted by Gasteiger charge is -1.97. The van der Waals surface area contributed by atoms with Gasteiger partial charge in [-0.05, 0) is 35.7 Å². The molecule has 6 heteroatoms. The summed E-state index contributed by atoms with van der Waals surface area (Å²) in [5, 5.41) is 9.30. The highest BCUT2D eigenvalue weighted by atomic mass is 32.1. The van der Waals surface area contributed by atoms with Gasteiger partial charge in [-0.1, -0.05) is 6.07 Å². The Hall–Kier alpha value is -2.47. The van der Waals surface area contributed by atoms with Gasteiger partial charge in [0.1, 0.15) is 5.82 Å². The molecule has 0 bridgehead atoms. The third kappa shape index (κ3) is 1.65. The van der Waals surface area contributed by atoms with E-state index in [0.717, 1.165) is 20.6 Å². The van der Waals surface area contributed by atoms with Crippen molar-refractivity contribution in [1.29, 1.82) is 0 Å². The zero-order chi connectivity index (χ0) is 13.7. The molecule has 0 amide bonds. The van der Waals surface area contributed by atoms with E-state index >= 15 is 0 Å². The second kappa shape index (κ2) is 4.01. The van der Waals surface area contributed by atoms with Gasteiger partial charge in [-0.2, -0.15) is 0 Å². The topological polar surface area (TPSA) is 56.2 Å². The fourth-order valence-corrected chi connectivity index (χ4v) is 3.26. The third-order valence-corrected chi connectivity index (χ3v) is 4.22. The molecule has 3 aromatic heterocycles. The Morgan fingerprint density at radius 3 is 2.90 bits per heavy atom. The molecule has 0 spiro atoms. The van der Waals surface area contributed by atoms with Crippen LogP contribution in [0.15, 0.2) is 42.6 Å². The average Bonchev–Trinajstić information content (AvgIpc) is 3.00. The predicted molar refractivity (Wildman–Crippen MR) is 78.2 cm³/mol. The summed E-state index contributed by atoms with van der Waals surface area (Å²) in [4.78, 5) is 0.934. The minimum absolute atomic E-state index is 0.235. The van der Waals surface area contributed by atoms with Crippen molar-refractivity contribution in [2.45, 2.75) is 0 Å². The zero-order valence-electron chi connectivity index (χ0n) is 10.2. The number of hydrogen-bond acceptors (Lipinski definition) is 4. The fraction of sp³-hybridized carbons (Fsp3) is 0. The standard InChI is InChI=1S/C14H9FN4S/c15-9-2-1-8-5-12(20-11(8)6-9)14-18-17-13-4-3-10(16)7-19(13)14/h1-7H,16H2. The molecule has 20 heavy (non-hydrogen) atoms. The first-order chi connectivity index (χ1) is 9.70. The molecule has 0 aliphatic heterocycles. The van der Waals surface area contributed by atoms with E-state index in [9.17, 15) is 4.39 Å². The van der Waals surface area contributed by atoms with Crippen molar-refractivity contribution >= 4 is 32.8 Å². The van der Waals surface area contributed by atoms with Crippen LogP contribution in [0.3, 0.4) is 0 Å². The van der Waals surface area contributed by atoms with E-state index in [-0.39, 0.29) is 5.82 Å². The molecule has 0 saturated heterocycles. The first-order valence-electron chi connectivity index (χ1n) is 6.00. The molecule has 0 unspecified atom stereocenters. The Kier molecular flexibility index (Phi) is 2.28. The molecule has 4 nitrogen and oxygen atoms in total. The number of nitrogen functional groups attached to an aromatic ring is 1. The molecule has 4 rings (SSSR count). The van der Waals surface area contributed by atoms with Crippen LogP contribution in [0.2, 0.25) is 0 Å². The lowest BCUT2D eigenvalue weighted by atomic mass is 10.2. The van der Waals surface area contributed by atoms with Crippen molar-refractivity contribution in [1.82, 2.24) is 14.6 Å². The van der Waals surface area contributed by atoms with Gasteiger partial charge in [-0.15, -0.1) is 21.5 Å². The molecule has 0 fully saturated rings. The number of pyridine rings is 1. The van der Waals surface area contributed by atoms with Crippen molar-refractivity contribution < 1.29 is 4.39 Å². The monoisotopic (exact) mass is 284 g/mol. The Morgan fingerprint density at radius 1 is 1.10 bits per heavy atom. The Morgan fingerprint density at radius 2 is 2.00 bits per heavy atom. The maximum atomic E-state index is 13.3. The van der Waals surface area contributed by atoms with Gasteiger partial charge in [0.25, 0.3) is 0 Å². The van der Waals surface area contributed by atoms with Crippen LogP contribution in [-0.4, -0.2) is 14.6 Å². The quantitative estimate of drug-likeness (QED) is 0.583. The van der Waals surface area contributed by atoms with Crippen LogP contribution in [0, 0.1) is 5.82 Å². The highest BCUT2D eigenvalue weighted by Gasteiger charge is 2.12. The molecule has 0 aliphatic carbocycles. The maximum Gasteiger partial charge on any atom is 0.178 e. The minimum Gasteiger partial charge on any atom is -0.398 e. The zero-order valence-corrected chi connectivity index (χ0v) is 11.1. The van der Waals surface area contributed by atoms with Crippen molar-refractivity contribution in [3.63, 3.8) is 0 Å². The Labute approximate surface area is 117 Å². The molecular formula is C14H9FN4S. The number of aromatic nitrogens is 3. The molecule has 4 aromatic rings. The van der Waals surface area contributed by atoms with E-state index in [0.29, 0.717) is 11.5 Å². The second-order valence-corrected chi connectivity index (χ2v) is 5.59. The summed E-state index contributed by atoms with van der Waals surface area (Å²) in [6.45, 7) is 0. The van der Waals surface area contributed by atoms with Gasteiger partial charge in [-0.25, -0.2) is 4.39 Å². The molecule has 0 radical (unpaired) electrons. The number of rotatable bonds is 1. The number of benzene rings is 1. The molecule has 2 N–H and O–H groups in total. The molecular weight excluding hydrogens is 275 g/mol. The van der Waals surface area contributed by atoms with E-state index < -0.39 is 0 Å². The van der Waals surface area contributed by atoms with Gasteiger partial charge in [0, 0.05) is 16.6 Å². The van der Waals surface area contributed by atoms with Crippen LogP contribution >= 0.6 is 11.3 Å². The van der Waals surface area contributed by atoms with Crippen molar-refractivity contribution in [2.24, 2.45) is 0 Å². The molecule has 0 saturated carbocycles. The van der Waals surface area contributed by atoms with Gasteiger partial charge < -0.3 is 5.73 Å². The van der Waals surface area contributed by atoms with E-state index in [4.69, 9.17) is 5.73 Å². The Balaban J connectivity index is 1.98. The number of thiophene rings is 1. The second-order valence-electron chi connectivity index (χ2n) is 4.51. The van der Waals surface area contributed by atoms with Gasteiger partial charge >= 0.3 is 0 Å². The largest absolute Gasteiger partial charge is 0.398 e. The number of anilines is 1. The molecule has 3 heterocycles. The van der Waals surface area contributed by atoms with Crippen LogP contribution in [0.25, 0.3) is 26.4 Å². The number of fused-ring (bicyclic) bond motifs is 2. The highest BCUT2D eigenvalue weighted by molar-refractivity contribution is 7.22. The van der Waals surface area contributed by atoms with Crippen molar-refractivity contribution in [2.75, 3.05) is 5.73 Å². The number of hydrogen-bond donors (Lipinski definition) is 1. The summed E-state index contributed by atoms with van der Waals surface area (Å²) in [6.07, 6.45) is 1.79. The predicted octanol–water partition coefficient (Wildman–Crippen LogP) is 3.33. The first-order valence-corrected chi connectivity index (χ1v) is 6.82. The van der Waals surface area contributed by atoms with E-state index in [1.165, 1.54) is 23.5 Å². The summed E-state index contributed by atoms with van der Waals surface area (Å²) in [7, 11) is 0. The van der Waals surface area contributed by atoms with Crippen molar-refractivity contribution in [3.05, 3.63) is 48.4 Å². The van der Waals surface area contributed by atoms with Crippen LogP contribution in [-0.2, 0) is 0 Å². The lowest BCUT2D eigenvalue weighted by Crippen LogP contribution is -1.91. The van der Waals surface area contributed by atoms with Gasteiger partial charge in [-0.3, -0.25) is 4.40 Å². The van der Waals surface area contributed by atoms with E-state index in [1.54, 1.807) is 18.3 Å². The lowest BCUT2D eigenvalue weighted by molar-refractivity contribution is 0.630. The summed E-state index contributed by atoms with van der Waals surface area (Å²) in [6, 6.07) is 10.3. The van der Waals surface area contributed by atoms with Gasteiger partial charge in [0.2, 0.25) is 0 Å². The summed E-state index contributed by atoms with van der Waals surface area (Å²) in [5.41, 5.74) is 7.18. The molecule has 98 valence electrons. The van der Waals surface area contributed by atoms with Crippen LogP contribution < -0.4 is 5.73 Å². The number of halogens is 1. The SMILES string of the molecule is Nc1ccc2nnc(-c3cc4ccc(F)cc4s3)n2c1. The average molecular weight is 284 g/mol. The fourth-order valence-electron chi connectivity index (χ4n) is 2.19. The molecule has 1 aromatic carbocycles. The maximum absolute atomic E-state index is 13.3. The minimum atomic E-state index is -0.235. The van der Waals surface area contributed by atoms with E-state index in [1.807, 2.05) is 16.5 Å². The summed E-state index contributed by atoms with van der Waals surface area (Å²) in [5.74, 6) is 0.482. The van der Waals surface area contributed by atoms with Gasteiger partial charge in [0.05, 0.1) is 4.88 Å². The van der Waals surface area contributed by atoms with Crippen LogP contribution in [0.5, 0.6) is 0 Å². The smallest absolute Gasteiger partial charge is 0.178 e. The van der Waals surface area contributed by atoms with Crippen LogP contribution in [0.4, 0.5) is 10.1 Å². The summed E-state index contributed by atoms with van der Waals surface area (Å²) >= 11 is 1.49. The summed E-state index contributed by atoms with van der Waals surface area (Å²) < 4.78 is 16.0. The normalized spacial score (nSPS) is 11.4. The first kappa shape index (κ1) is 11.4. The van der Waals surface area contributed by atoms with Gasteiger partial charge in [0.15, 0.2) is 11.5 Å². The van der Waals surface area contributed by atoms with E-state index in [2.05, 4.69) is 10.2 Å². The van der Waals surface area contributed by atoms with Crippen LogP contribution in [0.1, 0.15) is 0 Å². The molecule has 0 atom stereocenters. The molecule has 0 aliphatic rings.